The number of aromatic amines is 1. The number of hydrogen-bond acceptors (Lipinski definition) is 9. The monoisotopic (exact) mass is 491 g/mol. The van der Waals surface area contributed by atoms with Crippen LogP contribution in [0.2, 0.25) is 0 Å². The van der Waals surface area contributed by atoms with Gasteiger partial charge in [0.15, 0.2) is 12.3 Å². The highest BCUT2D eigenvalue weighted by Gasteiger charge is 2.49. The first-order chi connectivity index (χ1) is 15.8. The van der Waals surface area contributed by atoms with E-state index in [2.05, 4.69) is 11.8 Å². The first-order valence-electron chi connectivity index (χ1n) is 9.53. The van der Waals surface area contributed by atoms with E-state index >= 15 is 0 Å². The minimum absolute atomic E-state index is 0.340. The van der Waals surface area contributed by atoms with E-state index in [0.717, 1.165) is 24.6 Å². The lowest BCUT2D eigenvalue weighted by molar-refractivity contribution is -0.173. The Labute approximate surface area is 189 Å². The van der Waals surface area contributed by atoms with Crippen molar-refractivity contribution in [2.45, 2.75) is 44.6 Å². The second-order valence-corrected chi connectivity index (χ2v) is 6.83. The van der Waals surface area contributed by atoms with Crippen LogP contribution in [-0.4, -0.2) is 72.1 Å². The molecule has 1 aliphatic rings. The van der Waals surface area contributed by atoms with E-state index in [1.807, 2.05) is 4.98 Å². The molecule has 1 fully saturated rings. The third-order valence-electron chi connectivity index (χ3n) is 4.37. The van der Waals surface area contributed by atoms with Crippen LogP contribution in [0.4, 0.5) is 13.2 Å². The van der Waals surface area contributed by atoms with Gasteiger partial charge in [-0.2, -0.15) is 13.2 Å². The molecule has 2 N–H and O–H groups in total. The Morgan fingerprint density at radius 1 is 1.21 bits per heavy atom. The molecule has 4 atom stereocenters. The second kappa shape index (κ2) is 11.0. The summed E-state index contributed by atoms with van der Waals surface area (Å²) in [5.74, 6) is 0.867. The maximum absolute atomic E-state index is 12.4. The van der Waals surface area contributed by atoms with E-state index in [1.165, 1.54) is 12.4 Å². The van der Waals surface area contributed by atoms with Gasteiger partial charge in [0, 0.05) is 27.2 Å². The molecule has 2 heterocycles. The molecule has 0 unspecified atom stereocenters. The van der Waals surface area contributed by atoms with E-state index in [9.17, 15) is 37.1 Å². The van der Waals surface area contributed by atoms with Crippen molar-refractivity contribution in [1.82, 2.24) is 14.9 Å². The number of alkyl halides is 3. The molecule has 1 aromatic heterocycles. The number of aromatic nitrogens is 2. The molecule has 0 aliphatic carbocycles. The first kappa shape index (κ1) is 26.6. The van der Waals surface area contributed by atoms with Gasteiger partial charge in [-0.3, -0.25) is 28.7 Å². The van der Waals surface area contributed by atoms with Gasteiger partial charge < -0.3 is 24.3 Å². The Morgan fingerprint density at radius 2 is 1.88 bits per heavy atom. The number of amides is 1. The summed E-state index contributed by atoms with van der Waals surface area (Å²) in [6, 6.07) is 0. The number of nitrogens with zero attached hydrogens (tertiary/aromatic N) is 1. The summed E-state index contributed by atoms with van der Waals surface area (Å²) in [5, 5.41) is 1.51. The average Bonchev–Trinajstić information content (AvgIpc) is 3.06. The fraction of sp³-hybridized carbons (Fsp3) is 0.526. The van der Waals surface area contributed by atoms with Crippen LogP contribution in [0.15, 0.2) is 15.8 Å². The van der Waals surface area contributed by atoms with Crippen molar-refractivity contribution in [1.29, 1.82) is 0 Å². The largest absolute Gasteiger partial charge is 0.471 e. The molecular formula is C19H20F3N3O9. The van der Waals surface area contributed by atoms with Crippen LogP contribution in [0.5, 0.6) is 0 Å². The zero-order valence-corrected chi connectivity index (χ0v) is 18.1. The molecule has 186 valence electrons. The predicted molar refractivity (Wildman–Crippen MR) is 104 cm³/mol. The van der Waals surface area contributed by atoms with Crippen LogP contribution >= 0.6 is 0 Å². The SMILES string of the molecule is CO[C@@H]1[C@H](OC(C)=O)[C@@H](COC(C)=O)O[C@H]1n1cc(C#CCNC(=O)C(F)(F)F)c(=O)[nH]c1=O. The van der Waals surface area contributed by atoms with Crippen molar-refractivity contribution in [3.8, 4) is 11.8 Å². The summed E-state index contributed by atoms with van der Waals surface area (Å²) >= 11 is 0. The zero-order valence-electron chi connectivity index (χ0n) is 18.1. The van der Waals surface area contributed by atoms with E-state index in [0.29, 0.717) is 0 Å². The first-order valence-corrected chi connectivity index (χ1v) is 9.53. The topological polar surface area (TPSA) is 155 Å². The van der Waals surface area contributed by atoms with Crippen molar-refractivity contribution in [2.24, 2.45) is 0 Å². The summed E-state index contributed by atoms with van der Waals surface area (Å²) in [6.07, 6.45) is -8.62. The lowest BCUT2D eigenvalue weighted by Gasteiger charge is -2.23. The van der Waals surface area contributed by atoms with Crippen LogP contribution in [-0.2, 0) is 33.3 Å². The highest BCUT2D eigenvalue weighted by molar-refractivity contribution is 5.81. The molecule has 34 heavy (non-hydrogen) atoms. The van der Waals surface area contributed by atoms with Crippen molar-refractivity contribution in [3.05, 3.63) is 32.6 Å². The minimum atomic E-state index is -5.09. The third-order valence-corrected chi connectivity index (χ3v) is 4.37. The van der Waals surface area contributed by atoms with Gasteiger partial charge in [-0.15, -0.1) is 0 Å². The van der Waals surface area contributed by atoms with Crippen molar-refractivity contribution in [3.63, 3.8) is 0 Å². The maximum Gasteiger partial charge on any atom is 0.471 e. The zero-order chi connectivity index (χ0) is 25.6. The highest BCUT2D eigenvalue weighted by atomic mass is 19.4. The molecule has 0 aromatic carbocycles. The Bertz CT molecular complexity index is 1120. The number of carbonyl (C=O) groups excluding carboxylic acids is 3. The lowest BCUT2D eigenvalue weighted by Crippen LogP contribution is -2.41. The van der Waals surface area contributed by atoms with E-state index in [4.69, 9.17) is 18.9 Å². The number of H-pyrrole nitrogens is 1. The van der Waals surface area contributed by atoms with Crippen LogP contribution in [0, 0.1) is 11.8 Å². The van der Waals surface area contributed by atoms with Crippen LogP contribution < -0.4 is 16.6 Å². The molecule has 15 heteroatoms. The summed E-state index contributed by atoms with van der Waals surface area (Å²) in [5.41, 5.74) is -2.25. The van der Waals surface area contributed by atoms with Crippen molar-refractivity contribution < 1.29 is 46.5 Å². The van der Waals surface area contributed by atoms with Gasteiger partial charge in [-0.05, 0) is 0 Å². The molecule has 1 amide bonds. The van der Waals surface area contributed by atoms with Gasteiger partial charge in [0.2, 0.25) is 0 Å². The molecule has 0 bridgehead atoms. The number of methoxy groups -OCH3 is 1. The lowest BCUT2D eigenvalue weighted by atomic mass is 10.1. The molecule has 1 saturated heterocycles. The second-order valence-electron chi connectivity index (χ2n) is 6.83. The Kier molecular flexibility index (Phi) is 8.60. The number of ether oxygens (including phenoxy) is 4. The van der Waals surface area contributed by atoms with Crippen LogP contribution in [0.25, 0.3) is 0 Å². The van der Waals surface area contributed by atoms with Gasteiger partial charge in [-0.25, -0.2) is 4.79 Å². The number of hydrogen-bond donors (Lipinski definition) is 2. The van der Waals surface area contributed by atoms with Gasteiger partial charge >= 0.3 is 29.7 Å². The Hall–Kier alpha value is -3.64. The summed E-state index contributed by atoms with van der Waals surface area (Å²) in [6.45, 7) is 1.21. The Morgan fingerprint density at radius 3 is 2.44 bits per heavy atom. The molecule has 0 spiro atoms. The van der Waals surface area contributed by atoms with Gasteiger partial charge in [-0.1, -0.05) is 11.8 Å². The molecule has 0 radical (unpaired) electrons. The fourth-order valence-electron chi connectivity index (χ4n) is 2.98. The molecule has 0 saturated carbocycles. The highest BCUT2D eigenvalue weighted by Crippen LogP contribution is 2.33. The quantitative estimate of drug-likeness (QED) is 0.376. The van der Waals surface area contributed by atoms with Crippen LogP contribution in [0.1, 0.15) is 25.6 Å². The molecule has 1 aliphatic heterocycles. The van der Waals surface area contributed by atoms with Gasteiger partial charge in [0.25, 0.3) is 5.56 Å². The normalized spacial score (nSPS) is 21.8. The average molecular weight is 491 g/mol. The summed E-state index contributed by atoms with van der Waals surface area (Å²) in [4.78, 5) is 60.0. The minimum Gasteiger partial charge on any atom is -0.463 e. The number of rotatable bonds is 6. The summed E-state index contributed by atoms with van der Waals surface area (Å²) in [7, 11) is 1.24. The molecule has 2 rings (SSSR count). The van der Waals surface area contributed by atoms with Gasteiger partial charge in [0.1, 0.15) is 24.4 Å². The molecular weight excluding hydrogens is 471 g/mol. The summed E-state index contributed by atoms with van der Waals surface area (Å²) < 4.78 is 58.6. The van der Waals surface area contributed by atoms with Crippen molar-refractivity contribution >= 4 is 17.8 Å². The predicted octanol–water partition coefficient (Wildman–Crippen LogP) is -1.03. The number of halogens is 3. The third kappa shape index (κ3) is 6.68. The fourth-order valence-corrected chi connectivity index (χ4v) is 2.98. The van der Waals surface area contributed by atoms with E-state index < -0.39 is 66.4 Å². The molecule has 12 nitrogen and oxygen atoms in total. The molecule has 1 aromatic rings. The number of nitrogens with one attached hydrogen (secondary N) is 2. The van der Waals surface area contributed by atoms with E-state index in [1.54, 1.807) is 0 Å². The van der Waals surface area contributed by atoms with Crippen LogP contribution in [0.3, 0.4) is 0 Å². The van der Waals surface area contributed by atoms with Crippen molar-refractivity contribution in [2.75, 3.05) is 20.3 Å². The number of carbonyl (C=O) groups is 3. The number of esters is 2. The maximum atomic E-state index is 12.4. The van der Waals surface area contributed by atoms with E-state index in [-0.39, 0.29) is 12.2 Å². The Balaban J connectivity index is 2.34. The standard InChI is InChI=1S/C19H20F3N3O9/c1-9(26)32-8-12-13(33-10(2)27)14(31-3)16(34-12)25-7-11(15(28)24-18(25)30)5-4-6-23-17(29)19(20,21)22/h7,12-14,16H,6,8H2,1-3H3,(H,23,29)(H,24,28,30)/t12-,13-,14-,16-/m1/s1. The smallest absolute Gasteiger partial charge is 0.463 e. The van der Waals surface area contributed by atoms with Gasteiger partial charge in [0.05, 0.1) is 6.54 Å².